The van der Waals surface area contributed by atoms with Gasteiger partial charge in [0.15, 0.2) is 9.84 Å². The standard InChI is InChI=1S/C18H20F3N3O5S2/c1-3-8-31(27,28)15-9-22-17(30-15)24(26)11-23(2)10-14(24)29-16(25)12-4-6-13(7-5-12)18(19,20)21/h4-7,9,14H,3,8,10-11H2,1-2H3. The van der Waals surface area contributed by atoms with Gasteiger partial charge in [0, 0.05) is 0 Å². The summed E-state index contributed by atoms with van der Waals surface area (Å²) in [4.78, 5) is 18.0. The summed E-state index contributed by atoms with van der Waals surface area (Å²) < 4.78 is 66.7. The summed E-state index contributed by atoms with van der Waals surface area (Å²) >= 11 is 0.727. The number of halogens is 3. The van der Waals surface area contributed by atoms with Crippen molar-refractivity contribution in [2.24, 2.45) is 0 Å². The molecule has 2 aromatic rings. The molecule has 0 N–H and O–H groups in total. The van der Waals surface area contributed by atoms with Gasteiger partial charge in [-0.25, -0.2) is 18.1 Å². The van der Waals surface area contributed by atoms with E-state index >= 15 is 0 Å². The Labute approximate surface area is 181 Å². The fraction of sp³-hybridized carbons (Fsp3) is 0.444. The summed E-state index contributed by atoms with van der Waals surface area (Å²) in [5.41, 5.74) is -1.05. The number of quaternary nitrogens is 1. The molecule has 1 aromatic carbocycles. The van der Waals surface area contributed by atoms with Gasteiger partial charge in [0.05, 0.1) is 29.6 Å². The second kappa shape index (κ2) is 8.47. The van der Waals surface area contributed by atoms with Gasteiger partial charge in [-0.1, -0.05) is 6.92 Å². The predicted octanol–water partition coefficient (Wildman–Crippen LogP) is 3.24. The highest BCUT2D eigenvalue weighted by Gasteiger charge is 2.45. The molecule has 13 heteroatoms. The van der Waals surface area contributed by atoms with Crippen molar-refractivity contribution in [3.8, 4) is 0 Å². The van der Waals surface area contributed by atoms with Gasteiger partial charge >= 0.3 is 12.1 Å². The van der Waals surface area contributed by atoms with Crippen molar-refractivity contribution in [1.82, 2.24) is 14.5 Å². The zero-order valence-corrected chi connectivity index (χ0v) is 18.3. The molecule has 1 saturated heterocycles. The summed E-state index contributed by atoms with van der Waals surface area (Å²) in [5, 5.41) is 13.4. The second-order valence-electron chi connectivity index (χ2n) is 7.19. The number of esters is 1. The van der Waals surface area contributed by atoms with Crippen LogP contribution in [0.4, 0.5) is 18.3 Å². The van der Waals surface area contributed by atoms with Crippen LogP contribution >= 0.6 is 11.3 Å². The number of alkyl halides is 3. The van der Waals surface area contributed by atoms with Crippen molar-refractivity contribution in [3.05, 3.63) is 46.8 Å². The molecule has 8 nitrogen and oxygen atoms in total. The highest BCUT2D eigenvalue weighted by Crippen LogP contribution is 2.37. The molecule has 1 aliphatic rings. The smallest absolute Gasteiger partial charge is 0.416 e. The second-order valence-corrected chi connectivity index (χ2v) is 10.5. The molecule has 0 amide bonds. The summed E-state index contributed by atoms with van der Waals surface area (Å²) in [6, 6.07) is 3.45. The first-order valence-corrected chi connectivity index (χ1v) is 11.7. The largest absolute Gasteiger partial charge is 0.622 e. The summed E-state index contributed by atoms with van der Waals surface area (Å²) in [6.45, 7) is 1.63. The Kier molecular flexibility index (Phi) is 6.45. The average Bonchev–Trinajstić information content (AvgIpc) is 3.28. The molecule has 0 spiro atoms. The normalized spacial score (nSPS) is 22.6. The lowest BCUT2D eigenvalue weighted by molar-refractivity contribution is -0.137. The Bertz CT molecular complexity index is 1060. The zero-order valence-electron chi connectivity index (χ0n) is 16.6. The number of hydroxylamine groups is 2. The van der Waals surface area contributed by atoms with E-state index in [4.69, 9.17) is 4.74 Å². The van der Waals surface area contributed by atoms with Crippen LogP contribution in [0.5, 0.6) is 0 Å². The maximum absolute atomic E-state index is 13.5. The molecule has 0 bridgehead atoms. The van der Waals surface area contributed by atoms with E-state index in [9.17, 15) is 31.6 Å². The van der Waals surface area contributed by atoms with Crippen molar-refractivity contribution in [2.45, 2.75) is 30.0 Å². The fourth-order valence-electron chi connectivity index (χ4n) is 3.14. The molecule has 1 aliphatic heterocycles. The summed E-state index contributed by atoms with van der Waals surface area (Å²) in [6.07, 6.45) is -4.27. The molecule has 31 heavy (non-hydrogen) atoms. The number of aromatic nitrogens is 1. The van der Waals surface area contributed by atoms with Crippen LogP contribution in [0.25, 0.3) is 0 Å². The van der Waals surface area contributed by atoms with Gasteiger partial charge in [-0.2, -0.15) is 18.2 Å². The van der Waals surface area contributed by atoms with Gasteiger partial charge in [-0.05, 0) is 49.1 Å². The maximum Gasteiger partial charge on any atom is 0.416 e. The van der Waals surface area contributed by atoms with Crippen LogP contribution < -0.4 is 4.65 Å². The molecule has 0 saturated carbocycles. The molecular weight excluding hydrogens is 459 g/mol. The zero-order chi connectivity index (χ0) is 23.0. The lowest BCUT2D eigenvalue weighted by atomic mass is 10.1. The molecule has 1 aromatic heterocycles. The first kappa shape index (κ1) is 23.6. The molecule has 3 rings (SSSR count). The van der Waals surface area contributed by atoms with E-state index in [1.165, 1.54) is 0 Å². The van der Waals surface area contributed by atoms with Crippen molar-refractivity contribution < 1.29 is 31.1 Å². The van der Waals surface area contributed by atoms with E-state index in [0.717, 1.165) is 41.8 Å². The number of hydrogen-bond donors (Lipinski definition) is 0. The van der Waals surface area contributed by atoms with Crippen LogP contribution in [0.15, 0.2) is 34.7 Å². The van der Waals surface area contributed by atoms with E-state index in [2.05, 4.69) is 4.98 Å². The minimum atomic E-state index is -4.54. The minimum absolute atomic E-state index is 0.0416. The van der Waals surface area contributed by atoms with E-state index in [1.807, 2.05) is 0 Å². The third-order valence-corrected chi connectivity index (χ3v) is 8.23. The van der Waals surface area contributed by atoms with Crippen LogP contribution in [-0.4, -0.2) is 56.5 Å². The van der Waals surface area contributed by atoms with E-state index in [1.54, 1.807) is 18.9 Å². The van der Waals surface area contributed by atoms with Crippen LogP contribution in [0.1, 0.15) is 29.3 Å². The van der Waals surface area contributed by atoms with Crippen molar-refractivity contribution in [2.75, 3.05) is 26.0 Å². The van der Waals surface area contributed by atoms with Crippen molar-refractivity contribution >= 4 is 32.3 Å². The van der Waals surface area contributed by atoms with Crippen molar-refractivity contribution in [3.63, 3.8) is 0 Å². The van der Waals surface area contributed by atoms with Gasteiger partial charge in [-0.15, -0.1) is 0 Å². The van der Waals surface area contributed by atoms with E-state index < -0.39 is 38.4 Å². The van der Waals surface area contributed by atoms with E-state index in [0.29, 0.717) is 6.42 Å². The van der Waals surface area contributed by atoms with Gasteiger partial charge in [0.1, 0.15) is 10.9 Å². The number of rotatable bonds is 6. The lowest BCUT2D eigenvalue weighted by Crippen LogP contribution is -2.50. The number of ether oxygens (including phenoxy) is 1. The third kappa shape index (κ3) is 4.90. The molecule has 2 atom stereocenters. The Hall–Kier alpha value is -2.06. The Balaban J connectivity index is 1.82. The average molecular weight is 480 g/mol. The SMILES string of the molecule is CCCS(=O)(=O)c1cnc([N+]2([O-])CN(C)CC2OC(=O)c2ccc(C(F)(F)F)cc2)s1. The van der Waals surface area contributed by atoms with Crippen LogP contribution in [0.2, 0.25) is 0 Å². The number of benzene rings is 1. The van der Waals surface area contributed by atoms with Gasteiger partial charge in [0.2, 0.25) is 0 Å². The maximum atomic E-state index is 13.5. The monoisotopic (exact) mass is 479 g/mol. The molecular formula is C18H20F3N3O5S2. The Morgan fingerprint density at radius 3 is 2.58 bits per heavy atom. The van der Waals surface area contributed by atoms with Crippen LogP contribution in [-0.2, 0) is 20.8 Å². The first-order chi connectivity index (χ1) is 14.4. The van der Waals surface area contributed by atoms with Gasteiger partial charge in [-0.3, -0.25) is 4.65 Å². The lowest BCUT2D eigenvalue weighted by Gasteiger charge is -2.38. The highest BCUT2D eigenvalue weighted by molar-refractivity contribution is 7.93. The Morgan fingerprint density at radius 2 is 2.00 bits per heavy atom. The number of hydrogen-bond acceptors (Lipinski definition) is 8. The number of carbonyl (C=O) groups excluding carboxylic acids is 1. The number of carbonyl (C=O) groups is 1. The highest BCUT2D eigenvalue weighted by atomic mass is 32.2. The van der Waals surface area contributed by atoms with Crippen molar-refractivity contribution in [1.29, 1.82) is 0 Å². The first-order valence-electron chi connectivity index (χ1n) is 9.21. The van der Waals surface area contributed by atoms with E-state index in [-0.39, 0.29) is 33.9 Å². The minimum Gasteiger partial charge on any atom is -0.622 e. The quantitative estimate of drug-likeness (QED) is 0.356. The molecule has 170 valence electrons. The van der Waals surface area contributed by atoms with Gasteiger partial charge < -0.3 is 9.94 Å². The third-order valence-electron chi connectivity index (χ3n) is 4.65. The Morgan fingerprint density at radius 1 is 1.35 bits per heavy atom. The molecule has 1 fully saturated rings. The number of sulfone groups is 1. The number of likely N-dealkylation sites (N-methyl/N-ethyl adjacent to an activating group) is 1. The summed E-state index contributed by atoms with van der Waals surface area (Å²) in [7, 11) is -1.94. The van der Waals surface area contributed by atoms with Crippen LogP contribution in [0, 0.1) is 5.21 Å². The molecule has 2 unspecified atom stereocenters. The molecule has 0 aliphatic carbocycles. The summed E-state index contributed by atoms with van der Waals surface area (Å²) in [5.74, 6) is -1.04. The fourth-order valence-corrected chi connectivity index (χ4v) is 5.79. The molecule has 2 heterocycles. The topological polar surface area (TPSA) is 99.6 Å². The predicted molar refractivity (Wildman–Crippen MR) is 108 cm³/mol. The number of thiazole rings is 1. The molecule has 0 radical (unpaired) electrons. The van der Waals surface area contributed by atoms with Gasteiger partial charge in [0.25, 0.3) is 11.4 Å². The number of nitrogens with zero attached hydrogens (tertiary/aromatic N) is 3. The van der Waals surface area contributed by atoms with Crippen LogP contribution in [0.3, 0.4) is 0 Å².